The quantitative estimate of drug-likeness (QED) is 0.572. The third-order valence-electron chi connectivity index (χ3n) is 4.35. The van der Waals surface area contributed by atoms with Gasteiger partial charge in [-0.15, -0.1) is 0 Å². The standard InChI is InChI=1S/C20H17ClFN3O4/c1-11-8-12(22)6-7-13(11)15(10-19(27)28)23-20(29)16-9-18(26)25(24-16)17-5-3-2-4-14(17)21/h2-9,15,24H,10H2,1H3,(H,23,29)(H,27,28). The summed E-state index contributed by atoms with van der Waals surface area (Å²) in [5.41, 5.74) is 0.768. The Bertz CT molecular complexity index is 1140. The molecule has 0 radical (unpaired) electrons. The zero-order chi connectivity index (χ0) is 21.1. The molecule has 1 heterocycles. The first-order chi connectivity index (χ1) is 13.8. The number of H-pyrrole nitrogens is 1. The molecule has 0 spiro atoms. The Labute approximate surface area is 169 Å². The summed E-state index contributed by atoms with van der Waals surface area (Å²) in [7, 11) is 0. The fourth-order valence-corrected chi connectivity index (χ4v) is 3.22. The van der Waals surface area contributed by atoms with Gasteiger partial charge in [0.15, 0.2) is 0 Å². The second-order valence-electron chi connectivity index (χ2n) is 6.42. The minimum atomic E-state index is -1.14. The summed E-state index contributed by atoms with van der Waals surface area (Å²) in [5.74, 6) is -2.28. The van der Waals surface area contributed by atoms with Crippen LogP contribution in [0.5, 0.6) is 0 Å². The molecule has 3 rings (SSSR count). The Morgan fingerprint density at radius 3 is 2.62 bits per heavy atom. The van der Waals surface area contributed by atoms with Crippen molar-refractivity contribution in [1.82, 2.24) is 15.1 Å². The van der Waals surface area contributed by atoms with Crippen molar-refractivity contribution in [2.75, 3.05) is 0 Å². The van der Waals surface area contributed by atoms with Crippen LogP contribution in [0.4, 0.5) is 4.39 Å². The third-order valence-corrected chi connectivity index (χ3v) is 4.67. The predicted octanol–water partition coefficient (Wildman–Crippen LogP) is 3.21. The van der Waals surface area contributed by atoms with E-state index in [0.717, 1.165) is 10.7 Å². The van der Waals surface area contributed by atoms with Crippen LogP contribution in [0, 0.1) is 12.7 Å². The molecule has 0 saturated heterocycles. The van der Waals surface area contributed by atoms with Gasteiger partial charge in [0.1, 0.15) is 11.5 Å². The van der Waals surface area contributed by atoms with Crippen molar-refractivity contribution in [3.8, 4) is 5.69 Å². The first-order valence-corrected chi connectivity index (χ1v) is 8.99. The predicted molar refractivity (Wildman–Crippen MR) is 105 cm³/mol. The highest BCUT2D eigenvalue weighted by Crippen LogP contribution is 2.22. The molecule has 2 aromatic carbocycles. The van der Waals surface area contributed by atoms with Crippen LogP contribution in [0.15, 0.2) is 53.3 Å². The lowest BCUT2D eigenvalue weighted by atomic mass is 9.98. The summed E-state index contributed by atoms with van der Waals surface area (Å²) in [6.07, 6.45) is -0.409. The van der Waals surface area contributed by atoms with E-state index in [0.29, 0.717) is 21.8 Å². The number of aryl methyl sites for hydroxylation is 1. The van der Waals surface area contributed by atoms with Crippen molar-refractivity contribution in [1.29, 1.82) is 0 Å². The molecule has 0 fully saturated rings. The molecule has 1 unspecified atom stereocenters. The molecule has 0 bridgehead atoms. The highest BCUT2D eigenvalue weighted by molar-refractivity contribution is 6.32. The number of aromatic amines is 1. The molecule has 3 aromatic rings. The lowest BCUT2D eigenvalue weighted by Gasteiger charge is -2.19. The van der Waals surface area contributed by atoms with Crippen LogP contribution in [0.25, 0.3) is 5.69 Å². The Kier molecular flexibility index (Phi) is 5.84. The number of carbonyl (C=O) groups excluding carboxylic acids is 1. The number of para-hydroxylation sites is 1. The van der Waals surface area contributed by atoms with Crippen molar-refractivity contribution in [2.45, 2.75) is 19.4 Å². The minimum Gasteiger partial charge on any atom is -0.481 e. The molecule has 1 atom stereocenters. The van der Waals surface area contributed by atoms with Gasteiger partial charge in [0, 0.05) is 6.07 Å². The Morgan fingerprint density at radius 2 is 1.97 bits per heavy atom. The number of aliphatic carboxylic acids is 1. The third kappa shape index (κ3) is 4.55. The largest absolute Gasteiger partial charge is 0.481 e. The average Bonchev–Trinajstić information content (AvgIpc) is 3.03. The van der Waals surface area contributed by atoms with Gasteiger partial charge in [-0.1, -0.05) is 29.8 Å². The van der Waals surface area contributed by atoms with Crippen molar-refractivity contribution in [3.63, 3.8) is 0 Å². The summed E-state index contributed by atoms with van der Waals surface area (Å²) in [6, 6.07) is 10.7. The number of nitrogens with zero attached hydrogens (tertiary/aromatic N) is 1. The number of halogens is 2. The van der Waals surface area contributed by atoms with Crippen LogP contribution < -0.4 is 10.9 Å². The van der Waals surface area contributed by atoms with E-state index in [-0.39, 0.29) is 5.69 Å². The maximum Gasteiger partial charge on any atom is 0.305 e. The van der Waals surface area contributed by atoms with E-state index < -0.39 is 35.7 Å². The molecule has 7 nitrogen and oxygen atoms in total. The summed E-state index contributed by atoms with van der Waals surface area (Å²) < 4.78 is 14.5. The van der Waals surface area contributed by atoms with E-state index in [2.05, 4.69) is 10.4 Å². The number of hydrogen-bond donors (Lipinski definition) is 3. The number of benzene rings is 2. The number of carboxylic acids is 1. The molecule has 0 aliphatic rings. The fourth-order valence-electron chi connectivity index (χ4n) is 3.00. The molecule has 1 aromatic heterocycles. The molecule has 3 N–H and O–H groups in total. The van der Waals surface area contributed by atoms with Gasteiger partial charge >= 0.3 is 5.97 Å². The first kappa shape index (κ1) is 20.3. The lowest BCUT2D eigenvalue weighted by Crippen LogP contribution is -2.31. The van der Waals surface area contributed by atoms with Crippen LogP contribution in [-0.4, -0.2) is 26.8 Å². The molecule has 9 heteroatoms. The first-order valence-electron chi connectivity index (χ1n) is 8.62. The van der Waals surface area contributed by atoms with Crippen LogP contribution in [0.1, 0.15) is 34.1 Å². The van der Waals surface area contributed by atoms with Crippen LogP contribution in [0.2, 0.25) is 5.02 Å². The maximum atomic E-state index is 13.4. The van der Waals surface area contributed by atoms with Gasteiger partial charge in [-0.25, -0.2) is 9.07 Å². The van der Waals surface area contributed by atoms with E-state index in [9.17, 15) is 23.9 Å². The molecular formula is C20H17ClFN3O4. The molecule has 0 saturated carbocycles. The summed E-state index contributed by atoms with van der Waals surface area (Å²) in [6.45, 7) is 1.62. The van der Waals surface area contributed by atoms with Crippen LogP contribution in [0.3, 0.4) is 0 Å². The summed E-state index contributed by atoms with van der Waals surface area (Å²) in [4.78, 5) is 36.2. The Morgan fingerprint density at radius 1 is 1.24 bits per heavy atom. The topological polar surface area (TPSA) is 104 Å². The molecular weight excluding hydrogens is 401 g/mol. The fraction of sp³-hybridized carbons (Fsp3) is 0.150. The molecule has 150 valence electrons. The Hall–Kier alpha value is -3.39. The zero-order valence-electron chi connectivity index (χ0n) is 15.3. The SMILES string of the molecule is Cc1cc(F)ccc1C(CC(=O)O)NC(=O)c1cc(=O)n(-c2ccccc2Cl)[nH]1. The van der Waals surface area contributed by atoms with Crippen molar-refractivity contribution in [2.24, 2.45) is 0 Å². The van der Waals surface area contributed by atoms with E-state index in [4.69, 9.17) is 11.6 Å². The van der Waals surface area contributed by atoms with E-state index in [1.807, 2.05) is 0 Å². The number of carbonyl (C=O) groups is 2. The number of carboxylic acid groups (broad SMARTS) is 1. The lowest BCUT2D eigenvalue weighted by molar-refractivity contribution is -0.137. The zero-order valence-corrected chi connectivity index (χ0v) is 16.0. The normalized spacial score (nSPS) is 11.8. The summed E-state index contributed by atoms with van der Waals surface area (Å²) >= 11 is 6.10. The molecule has 1 amide bonds. The van der Waals surface area contributed by atoms with Gasteiger partial charge in [-0.2, -0.15) is 0 Å². The average molecular weight is 418 g/mol. The number of amides is 1. The Balaban J connectivity index is 1.91. The van der Waals surface area contributed by atoms with Crippen LogP contribution in [-0.2, 0) is 4.79 Å². The number of hydrogen-bond acceptors (Lipinski definition) is 3. The highest BCUT2D eigenvalue weighted by atomic mass is 35.5. The van der Waals surface area contributed by atoms with Gasteiger partial charge < -0.3 is 10.4 Å². The van der Waals surface area contributed by atoms with Gasteiger partial charge in [0.2, 0.25) is 0 Å². The highest BCUT2D eigenvalue weighted by Gasteiger charge is 2.22. The molecule has 0 aliphatic heterocycles. The number of nitrogens with one attached hydrogen (secondary N) is 2. The monoisotopic (exact) mass is 417 g/mol. The van der Waals surface area contributed by atoms with Crippen molar-refractivity contribution < 1.29 is 19.1 Å². The molecule has 29 heavy (non-hydrogen) atoms. The van der Waals surface area contributed by atoms with Crippen molar-refractivity contribution >= 4 is 23.5 Å². The van der Waals surface area contributed by atoms with Crippen molar-refractivity contribution in [3.05, 3.63) is 86.5 Å². The van der Waals surface area contributed by atoms with E-state index in [1.54, 1.807) is 31.2 Å². The molecule has 0 aliphatic carbocycles. The van der Waals surface area contributed by atoms with Crippen LogP contribution >= 0.6 is 11.6 Å². The minimum absolute atomic E-state index is 0.0647. The van der Waals surface area contributed by atoms with Gasteiger partial charge in [0.05, 0.1) is 23.2 Å². The maximum absolute atomic E-state index is 13.4. The van der Waals surface area contributed by atoms with Gasteiger partial charge in [0.25, 0.3) is 11.5 Å². The van der Waals surface area contributed by atoms with E-state index >= 15 is 0 Å². The number of aromatic nitrogens is 2. The van der Waals surface area contributed by atoms with E-state index in [1.165, 1.54) is 18.2 Å². The second-order valence-corrected chi connectivity index (χ2v) is 6.83. The summed E-state index contributed by atoms with van der Waals surface area (Å²) in [5, 5.41) is 14.8. The smallest absolute Gasteiger partial charge is 0.305 e. The second kappa shape index (κ2) is 8.32. The van der Waals surface area contributed by atoms with Gasteiger partial charge in [-0.05, 0) is 42.3 Å². The number of rotatable bonds is 6. The van der Waals surface area contributed by atoms with Gasteiger partial charge in [-0.3, -0.25) is 19.5 Å².